The van der Waals surface area contributed by atoms with E-state index in [2.05, 4.69) is 0 Å². The normalized spacial score (nSPS) is 10.7. The molecule has 0 aliphatic rings. The van der Waals surface area contributed by atoms with Crippen LogP contribution in [0.25, 0.3) is 44.5 Å². The molecule has 8 heteroatoms. The summed E-state index contributed by atoms with van der Waals surface area (Å²) in [6, 6.07) is 32.6. The van der Waals surface area contributed by atoms with Gasteiger partial charge in [0, 0.05) is 11.1 Å². The molecule has 250 valence electrons. The van der Waals surface area contributed by atoms with Crippen molar-refractivity contribution in [1.29, 1.82) is 0 Å². The molecule has 0 aromatic heterocycles. The lowest BCUT2D eigenvalue weighted by molar-refractivity contribution is 0.118. The van der Waals surface area contributed by atoms with Gasteiger partial charge in [0.25, 0.3) is 0 Å². The molecule has 0 heterocycles. The van der Waals surface area contributed by atoms with Crippen molar-refractivity contribution in [2.45, 2.75) is 13.8 Å². The Morgan fingerprint density at radius 2 is 0.735 bits per heavy atom. The number of rotatable bonds is 9. The minimum atomic E-state index is -0.847. The third-order valence-electron chi connectivity index (χ3n) is 7.77. The molecule has 0 aliphatic carbocycles. The van der Waals surface area contributed by atoms with E-state index >= 15 is 0 Å². The summed E-state index contributed by atoms with van der Waals surface area (Å²) < 4.78 is 88.8. The van der Waals surface area contributed by atoms with Crippen LogP contribution in [0.5, 0.6) is 11.5 Å². The SMILES string of the molecule is Cc1cc(-c2ccc(-c3ccc(F)cc3)c(F)c2)ccc1OCOc1ccc(-c2ccc(-c3ccc(F)cc3)c(F)c2)cc1C.FCCF. The van der Waals surface area contributed by atoms with Crippen molar-refractivity contribution >= 4 is 0 Å². The lowest BCUT2D eigenvalue weighted by atomic mass is 9.98. The Kier molecular flexibility index (Phi) is 11.4. The Hall–Kier alpha value is -5.50. The zero-order valence-electron chi connectivity index (χ0n) is 26.8. The highest BCUT2D eigenvalue weighted by atomic mass is 19.2. The van der Waals surface area contributed by atoms with Crippen LogP contribution in [0, 0.1) is 37.1 Å². The predicted molar refractivity (Wildman–Crippen MR) is 182 cm³/mol. The lowest BCUT2D eigenvalue weighted by Crippen LogP contribution is -2.07. The van der Waals surface area contributed by atoms with Gasteiger partial charge in [0.05, 0.1) is 0 Å². The number of alkyl halides is 2. The maximum atomic E-state index is 14.9. The highest BCUT2D eigenvalue weighted by molar-refractivity contribution is 5.73. The van der Waals surface area contributed by atoms with E-state index < -0.39 is 13.3 Å². The fraction of sp³-hybridized carbons (Fsp3) is 0.122. The summed E-state index contributed by atoms with van der Waals surface area (Å²) in [5.41, 5.74) is 6.83. The first-order valence-electron chi connectivity index (χ1n) is 15.4. The van der Waals surface area contributed by atoms with E-state index in [1.807, 2.05) is 62.4 Å². The van der Waals surface area contributed by atoms with E-state index in [0.717, 1.165) is 22.3 Å². The van der Waals surface area contributed by atoms with Gasteiger partial charge >= 0.3 is 0 Å². The number of aryl methyl sites for hydroxylation is 2. The molecule has 0 N–H and O–H groups in total. The average Bonchev–Trinajstić information content (AvgIpc) is 3.10. The molecule has 6 aromatic carbocycles. The van der Waals surface area contributed by atoms with Gasteiger partial charge in [-0.3, -0.25) is 0 Å². The van der Waals surface area contributed by atoms with E-state index in [1.165, 1.54) is 36.4 Å². The standard InChI is InChI=1S/C39H28F4O2.C2H4F2/c1-24-19-28(30-7-15-34(36(42)21-30)26-3-11-32(40)12-4-26)9-17-38(24)44-23-45-39-18-10-29(20-25(39)2)31-8-16-35(37(43)22-31)27-5-13-33(41)14-6-27;3-1-2-4/h3-22H,23H2,1-2H3;1-2H2. The van der Waals surface area contributed by atoms with Crippen LogP contribution in [0.4, 0.5) is 26.3 Å². The number of benzene rings is 6. The number of hydrogen-bond donors (Lipinski definition) is 0. The summed E-state index contributed by atoms with van der Waals surface area (Å²) in [5.74, 6) is -0.250. The molecule has 6 rings (SSSR count). The Labute approximate surface area is 281 Å². The Morgan fingerprint density at radius 1 is 0.408 bits per heavy atom. The van der Waals surface area contributed by atoms with Crippen molar-refractivity contribution < 1.29 is 35.8 Å². The average molecular weight is 671 g/mol. The summed E-state index contributed by atoms with van der Waals surface area (Å²) in [7, 11) is 0. The molecular weight excluding hydrogens is 638 g/mol. The van der Waals surface area contributed by atoms with Crippen LogP contribution in [0.3, 0.4) is 0 Å². The van der Waals surface area contributed by atoms with Gasteiger partial charge in [0.2, 0.25) is 6.79 Å². The quantitative estimate of drug-likeness (QED) is 0.113. The fourth-order valence-corrected chi connectivity index (χ4v) is 5.25. The van der Waals surface area contributed by atoms with E-state index in [4.69, 9.17) is 9.47 Å². The van der Waals surface area contributed by atoms with Gasteiger partial charge in [-0.25, -0.2) is 26.3 Å². The smallest absolute Gasteiger partial charge is 0.230 e. The zero-order chi connectivity index (χ0) is 34.9. The molecule has 0 unspecified atom stereocenters. The van der Waals surface area contributed by atoms with E-state index in [0.29, 0.717) is 44.9 Å². The fourth-order valence-electron chi connectivity index (χ4n) is 5.25. The Morgan fingerprint density at radius 3 is 1.06 bits per heavy atom. The Bertz CT molecular complexity index is 1880. The lowest BCUT2D eigenvalue weighted by Gasteiger charge is -2.14. The van der Waals surface area contributed by atoms with Gasteiger partial charge in [0.15, 0.2) is 0 Å². The summed E-state index contributed by atoms with van der Waals surface area (Å²) in [6.45, 7) is 2.09. The monoisotopic (exact) mass is 670 g/mol. The third-order valence-corrected chi connectivity index (χ3v) is 7.77. The molecule has 2 nitrogen and oxygen atoms in total. The topological polar surface area (TPSA) is 18.5 Å². The van der Waals surface area contributed by atoms with Crippen LogP contribution in [0.2, 0.25) is 0 Å². The second kappa shape index (κ2) is 16.1. The van der Waals surface area contributed by atoms with Crippen LogP contribution in [0.15, 0.2) is 121 Å². The summed E-state index contributed by atoms with van der Waals surface area (Å²) >= 11 is 0. The highest BCUT2D eigenvalue weighted by Gasteiger charge is 2.12. The van der Waals surface area contributed by atoms with Crippen molar-refractivity contribution in [3.8, 4) is 56.0 Å². The molecule has 0 atom stereocenters. The molecule has 0 aliphatic heterocycles. The maximum absolute atomic E-state index is 14.9. The number of ether oxygens (including phenoxy) is 2. The highest BCUT2D eigenvalue weighted by Crippen LogP contribution is 2.33. The molecule has 0 radical (unpaired) electrons. The molecule has 0 spiro atoms. The van der Waals surface area contributed by atoms with Crippen LogP contribution in [-0.2, 0) is 0 Å². The van der Waals surface area contributed by atoms with Gasteiger partial charge in [0.1, 0.15) is 48.1 Å². The summed E-state index contributed by atoms with van der Waals surface area (Å²) in [4.78, 5) is 0. The number of halogens is 6. The van der Waals surface area contributed by atoms with Gasteiger partial charge < -0.3 is 9.47 Å². The zero-order valence-corrected chi connectivity index (χ0v) is 26.8. The van der Waals surface area contributed by atoms with E-state index in [9.17, 15) is 26.3 Å². The molecule has 0 bridgehead atoms. The maximum Gasteiger partial charge on any atom is 0.230 e. The largest absolute Gasteiger partial charge is 0.457 e. The van der Waals surface area contributed by atoms with Crippen LogP contribution in [0.1, 0.15) is 11.1 Å². The molecule has 0 amide bonds. The molecule has 6 aromatic rings. The van der Waals surface area contributed by atoms with Crippen molar-refractivity contribution in [3.63, 3.8) is 0 Å². The molecule has 0 saturated heterocycles. The van der Waals surface area contributed by atoms with Gasteiger partial charge in [-0.1, -0.05) is 60.7 Å². The third kappa shape index (κ3) is 8.70. The van der Waals surface area contributed by atoms with Crippen LogP contribution in [-0.4, -0.2) is 20.1 Å². The summed E-state index contributed by atoms with van der Waals surface area (Å²) in [6.07, 6.45) is 0. The first-order chi connectivity index (χ1) is 23.7. The first kappa shape index (κ1) is 34.8. The van der Waals surface area contributed by atoms with E-state index in [1.54, 1.807) is 36.4 Å². The van der Waals surface area contributed by atoms with Crippen molar-refractivity contribution in [3.05, 3.63) is 156 Å². The van der Waals surface area contributed by atoms with Gasteiger partial charge in [-0.15, -0.1) is 0 Å². The minimum Gasteiger partial charge on any atom is -0.457 e. The minimum absolute atomic E-state index is 0.0254. The van der Waals surface area contributed by atoms with Crippen LogP contribution < -0.4 is 9.47 Å². The molecule has 0 fully saturated rings. The van der Waals surface area contributed by atoms with Crippen LogP contribution >= 0.6 is 0 Å². The molecule has 49 heavy (non-hydrogen) atoms. The van der Waals surface area contributed by atoms with Crippen molar-refractivity contribution in [2.75, 3.05) is 20.1 Å². The van der Waals surface area contributed by atoms with Gasteiger partial charge in [-0.2, -0.15) is 0 Å². The van der Waals surface area contributed by atoms with Gasteiger partial charge in [-0.05, 0) is 119 Å². The summed E-state index contributed by atoms with van der Waals surface area (Å²) in [5, 5.41) is 0. The van der Waals surface area contributed by atoms with Crippen molar-refractivity contribution in [1.82, 2.24) is 0 Å². The predicted octanol–water partition coefficient (Wildman–Crippen LogP) is 11.9. The van der Waals surface area contributed by atoms with Crippen molar-refractivity contribution in [2.24, 2.45) is 0 Å². The molecular formula is C41H32F6O2. The second-order valence-corrected chi connectivity index (χ2v) is 11.1. The first-order valence-corrected chi connectivity index (χ1v) is 15.4. The number of hydrogen-bond acceptors (Lipinski definition) is 2. The Balaban J connectivity index is 0.00000111. The molecule has 0 saturated carbocycles. The van der Waals surface area contributed by atoms with E-state index in [-0.39, 0.29) is 30.1 Å². The second-order valence-electron chi connectivity index (χ2n) is 11.1.